The Balaban J connectivity index is 2.67. The number of aldehydes is 1. The first kappa shape index (κ1) is 28.9. The molecule has 0 aliphatic carbocycles. The molecule has 11 nitrogen and oxygen atoms in total. The van der Waals surface area contributed by atoms with Gasteiger partial charge in [0.15, 0.2) is 5.78 Å². The minimum absolute atomic E-state index is 0.0509. The molecular weight excluding hydrogens is 474 g/mol. The van der Waals surface area contributed by atoms with Crippen LogP contribution >= 0.6 is 11.8 Å². The summed E-state index contributed by atoms with van der Waals surface area (Å²) in [4.78, 5) is 77.8. The molecule has 1 saturated heterocycles. The van der Waals surface area contributed by atoms with Gasteiger partial charge in [-0.15, -0.1) is 11.8 Å². The molecule has 2 N–H and O–H groups in total. The third-order valence-electron chi connectivity index (χ3n) is 5.37. The van der Waals surface area contributed by atoms with E-state index < -0.39 is 47.7 Å². The molecular formula is C23H39N5O6S. The van der Waals surface area contributed by atoms with E-state index in [0.29, 0.717) is 6.54 Å². The van der Waals surface area contributed by atoms with E-state index in [4.69, 9.17) is 1.37 Å². The van der Waals surface area contributed by atoms with E-state index in [-0.39, 0.29) is 49.4 Å². The van der Waals surface area contributed by atoms with Crippen LogP contribution < -0.4 is 10.6 Å². The van der Waals surface area contributed by atoms with E-state index >= 15 is 0 Å². The molecule has 0 aromatic heterocycles. The van der Waals surface area contributed by atoms with E-state index in [1.807, 2.05) is 39.8 Å². The number of ketones is 1. The summed E-state index contributed by atoms with van der Waals surface area (Å²) in [5.41, 5.74) is -0.208. The van der Waals surface area contributed by atoms with E-state index in [0.717, 1.165) is 16.7 Å². The van der Waals surface area contributed by atoms with Crippen molar-refractivity contribution >= 4 is 47.4 Å². The number of hydrogen-bond donors (Lipinski definition) is 2. The van der Waals surface area contributed by atoms with Crippen molar-refractivity contribution in [3.05, 3.63) is 0 Å². The Morgan fingerprint density at radius 2 is 1.91 bits per heavy atom. The zero-order valence-corrected chi connectivity index (χ0v) is 22.3. The summed E-state index contributed by atoms with van der Waals surface area (Å²) in [6.45, 7) is 6.09. The lowest BCUT2D eigenvalue weighted by Gasteiger charge is -2.27. The monoisotopic (exact) mass is 514 g/mol. The molecule has 198 valence electrons. The van der Waals surface area contributed by atoms with Gasteiger partial charge in [-0.1, -0.05) is 0 Å². The van der Waals surface area contributed by atoms with Crippen molar-refractivity contribution < 1.29 is 30.1 Å². The summed E-state index contributed by atoms with van der Waals surface area (Å²) in [6.07, 6.45) is -0.848. The lowest BCUT2D eigenvalue weighted by Crippen LogP contribution is -2.47. The lowest BCUT2D eigenvalue weighted by molar-refractivity contribution is -0.142. The van der Waals surface area contributed by atoms with Crippen LogP contribution in [-0.2, 0) is 28.8 Å². The van der Waals surface area contributed by atoms with Crippen LogP contribution in [-0.4, -0.2) is 114 Å². The molecule has 1 rings (SSSR count). The normalized spacial score (nSPS) is 17.4. The fourth-order valence-corrected chi connectivity index (χ4v) is 4.35. The van der Waals surface area contributed by atoms with Crippen molar-refractivity contribution in [2.24, 2.45) is 0 Å². The molecule has 1 fully saturated rings. The zero-order chi connectivity index (χ0) is 27.6. The highest BCUT2D eigenvalue weighted by Gasteiger charge is 2.40. The molecule has 2 unspecified atom stereocenters. The van der Waals surface area contributed by atoms with Gasteiger partial charge in [-0.2, -0.15) is 0 Å². The molecule has 1 heterocycles. The molecule has 4 amide bonds. The summed E-state index contributed by atoms with van der Waals surface area (Å²) in [7, 11) is 5.09. The van der Waals surface area contributed by atoms with Crippen LogP contribution in [0.25, 0.3) is 0 Å². The fraction of sp³-hybridized carbons (Fsp3) is 0.739. The van der Waals surface area contributed by atoms with Crippen molar-refractivity contribution in [1.82, 2.24) is 25.3 Å². The molecule has 35 heavy (non-hydrogen) atoms. The molecule has 0 bridgehead atoms. The number of rotatable bonds is 15. The van der Waals surface area contributed by atoms with Gasteiger partial charge in [0.2, 0.25) is 23.6 Å². The Morgan fingerprint density at radius 1 is 1.26 bits per heavy atom. The average Bonchev–Trinajstić information content (AvgIpc) is 3.02. The van der Waals surface area contributed by atoms with Crippen LogP contribution in [0.4, 0.5) is 0 Å². The first-order chi connectivity index (χ1) is 16.6. The molecule has 0 aromatic rings. The second kappa shape index (κ2) is 14.3. The second-order valence-electron chi connectivity index (χ2n) is 9.75. The van der Waals surface area contributed by atoms with Gasteiger partial charge >= 0.3 is 0 Å². The summed E-state index contributed by atoms with van der Waals surface area (Å²) >= 11 is 0.985. The Labute approximate surface area is 213 Å². The maximum Gasteiger partial charge on any atom is 0.243 e. The molecule has 0 aromatic carbocycles. The van der Waals surface area contributed by atoms with Crippen molar-refractivity contribution in [3.63, 3.8) is 0 Å². The van der Waals surface area contributed by atoms with E-state index in [1.165, 1.54) is 11.9 Å². The van der Waals surface area contributed by atoms with Gasteiger partial charge in [-0.3, -0.25) is 34.2 Å². The minimum Gasteiger partial charge on any atom is -0.342 e. The number of nitrogens with one attached hydrogen (secondary N) is 2. The lowest BCUT2D eigenvalue weighted by atomic mass is 10.0. The molecule has 12 heteroatoms. The highest BCUT2D eigenvalue weighted by molar-refractivity contribution is 8.01. The second-order valence-corrected chi connectivity index (χ2v) is 10.9. The zero-order valence-electron chi connectivity index (χ0n) is 22.5. The third kappa shape index (κ3) is 10.9. The summed E-state index contributed by atoms with van der Waals surface area (Å²) in [5.74, 6) is -2.28. The molecule has 0 saturated carbocycles. The van der Waals surface area contributed by atoms with Gasteiger partial charge in [0.25, 0.3) is 0 Å². The van der Waals surface area contributed by atoms with Gasteiger partial charge < -0.3 is 19.9 Å². The van der Waals surface area contributed by atoms with Gasteiger partial charge in [0, 0.05) is 38.4 Å². The number of carbonyl (C=O) groups excluding carboxylic acids is 6. The van der Waals surface area contributed by atoms with Crippen molar-refractivity contribution in [2.75, 3.05) is 46.7 Å². The third-order valence-corrected chi connectivity index (χ3v) is 6.56. The van der Waals surface area contributed by atoms with Crippen molar-refractivity contribution in [2.45, 2.75) is 63.3 Å². The van der Waals surface area contributed by atoms with E-state index in [2.05, 4.69) is 10.6 Å². The van der Waals surface area contributed by atoms with E-state index in [1.54, 1.807) is 0 Å². The quantitative estimate of drug-likeness (QED) is 0.170. The van der Waals surface area contributed by atoms with Crippen LogP contribution in [0.5, 0.6) is 0 Å². The predicted molar refractivity (Wildman–Crippen MR) is 134 cm³/mol. The summed E-state index contributed by atoms with van der Waals surface area (Å²) in [5, 5.41) is 4.89. The SMILES string of the molecule is [2H]C(=O)CCC(C(=O)CCN(C)C)N(C)C(=O)CSC1CC(=O)N(CC(=O)NCNC(C)(C)C)C1=O. The number of amides is 4. The maximum absolute atomic E-state index is 12.8. The first-order valence-corrected chi connectivity index (χ1v) is 12.6. The van der Waals surface area contributed by atoms with Gasteiger partial charge in [-0.25, -0.2) is 0 Å². The van der Waals surface area contributed by atoms with Crippen LogP contribution in [0.15, 0.2) is 0 Å². The number of nitrogens with zero attached hydrogens (tertiary/aromatic N) is 3. The highest BCUT2D eigenvalue weighted by Crippen LogP contribution is 2.25. The number of imide groups is 1. The standard InChI is InChI=1S/C23H39N5O6S/c1-23(2,3)25-15-24-19(31)13-28-20(32)12-18(22(28)34)35-14-21(33)27(6)16(8-7-11-29)17(30)9-10-26(4)5/h11,16,18,25H,7-10,12-15H2,1-6H3,(H,24,31)/i11D. The van der Waals surface area contributed by atoms with Crippen LogP contribution in [0, 0.1) is 0 Å². The van der Waals surface area contributed by atoms with Crippen LogP contribution in [0.3, 0.4) is 0 Å². The van der Waals surface area contributed by atoms with Crippen LogP contribution in [0.1, 0.15) is 47.8 Å². The average molecular weight is 515 g/mol. The smallest absolute Gasteiger partial charge is 0.243 e. The van der Waals surface area contributed by atoms with Gasteiger partial charge in [-0.05, 0) is 41.3 Å². The molecule has 2 atom stereocenters. The number of Topliss-reactive ketones (excluding diaryl/α,β-unsaturated/α-hetero) is 1. The molecule has 1 aliphatic rings. The highest BCUT2D eigenvalue weighted by atomic mass is 32.2. The van der Waals surface area contributed by atoms with Crippen molar-refractivity contribution in [1.29, 1.82) is 0 Å². The molecule has 0 radical (unpaired) electrons. The van der Waals surface area contributed by atoms with Crippen molar-refractivity contribution in [3.8, 4) is 0 Å². The topological polar surface area (TPSA) is 136 Å². The number of hydrogen-bond acceptors (Lipinski definition) is 9. The van der Waals surface area contributed by atoms with E-state index in [9.17, 15) is 28.8 Å². The first-order valence-electron chi connectivity index (χ1n) is 12.0. The molecule has 0 spiro atoms. The predicted octanol–water partition coefficient (Wildman–Crippen LogP) is -0.364. The van der Waals surface area contributed by atoms with Gasteiger partial charge in [0.05, 0.1) is 23.7 Å². The summed E-state index contributed by atoms with van der Waals surface area (Å²) in [6, 6.07) is -0.852. The number of thioether (sulfide) groups is 1. The molecule has 1 aliphatic heterocycles. The van der Waals surface area contributed by atoms with Gasteiger partial charge in [0.1, 0.15) is 14.2 Å². The van der Waals surface area contributed by atoms with Crippen LogP contribution in [0.2, 0.25) is 0 Å². The Morgan fingerprint density at radius 3 is 2.49 bits per heavy atom. The number of carbonyl (C=O) groups is 6. The number of likely N-dealkylation sites (N-methyl/N-ethyl adjacent to an activating group) is 1. The fourth-order valence-electron chi connectivity index (χ4n) is 3.27. The summed E-state index contributed by atoms with van der Waals surface area (Å²) < 4.78 is 7.13. The Bertz CT molecular complexity index is 847. The Hall–Kier alpha value is -2.31. The number of likely N-dealkylation sites (tertiary alicyclic amines) is 1. The largest absolute Gasteiger partial charge is 0.342 e. The minimum atomic E-state index is -0.852. The Kier molecular flexibility index (Phi) is 11.8. The maximum atomic E-state index is 12.8.